The average molecular weight is 351 g/mol. The van der Waals surface area contributed by atoms with Gasteiger partial charge in [0, 0.05) is 31.6 Å². The lowest BCUT2D eigenvalue weighted by Crippen LogP contribution is -2.74. The van der Waals surface area contributed by atoms with Gasteiger partial charge in [-0.3, -0.25) is 4.79 Å². The standard InChI is InChI=1S/C23H30N2O/c1-20-7-17-8-22(10-20,18-5-3-2-4-6-18)12-23(9-17,11-20)19(26)25-15-21(16-25)13-24-14-21/h2-6,17,24H,7-16H2,1H3. The Kier molecular flexibility index (Phi) is 2.85. The molecule has 2 saturated heterocycles. The van der Waals surface area contributed by atoms with Gasteiger partial charge in [0.1, 0.15) is 0 Å². The van der Waals surface area contributed by atoms with E-state index in [2.05, 4.69) is 47.5 Å². The van der Waals surface area contributed by atoms with Crippen LogP contribution < -0.4 is 5.32 Å². The summed E-state index contributed by atoms with van der Waals surface area (Å²) in [5, 5.41) is 3.39. The minimum absolute atomic E-state index is 0.0806. The Bertz CT molecular complexity index is 764. The summed E-state index contributed by atoms with van der Waals surface area (Å²) < 4.78 is 0. The lowest BCUT2D eigenvalue weighted by Gasteiger charge is -2.67. The quantitative estimate of drug-likeness (QED) is 0.887. The summed E-state index contributed by atoms with van der Waals surface area (Å²) in [6.07, 6.45) is 7.30. The summed E-state index contributed by atoms with van der Waals surface area (Å²) in [5.74, 6) is 1.24. The van der Waals surface area contributed by atoms with Crippen LogP contribution >= 0.6 is 0 Å². The van der Waals surface area contributed by atoms with E-state index in [1.54, 1.807) is 0 Å². The molecule has 0 radical (unpaired) electrons. The number of nitrogens with zero attached hydrogens (tertiary/aromatic N) is 1. The molecule has 1 spiro atoms. The van der Waals surface area contributed by atoms with Crippen LogP contribution in [0.15, 0.2) is 30.3 Å². The first-order valence-electron chi connectivity index (χ1n) is 10.5. The van der Waals surface area contributed by atoms with Crippen LogP contribution in [0.25, 0.3) is 0 Å². The molecule has 1 aromatic carbocycles. The maximum Gasteiger partial charge on any atom is 0.228 e. The van der Waals surface area contributed by atoms with Gasteiger partial charge in [0.25, 0.3) is 0 Å². The third-order valence-electron chi connectivity index (χ3n) is 8.53. The van der Waals surface area contributed by atoms with Gasteiger partial charge in [-0.2, -0.15) is 0 Å². The van der Waals surface area contributed by atoms with Crippen molar-refractivity contribution in [2.75, 3.05) is 26.2 Å². The zero-order chi connectivity index (χ0) is 17.6. The fourth-order valence-corrected chi connectivity index (χ4v) is 8.22. The fraction of sp³-hybridized carbons (Fsp3) is 0.696. The van der Waals surface area contributed by atoms with Crippen LogP contribution in [0.1, 0.15) is 51.0 Å². The van der Waals surface area contributed by atoms with Crippen molar-refractivity contribution in [3.63, 3.8) is 0 Å². The summed E-state index contributed by atoms with van der Waals surface area (Å²) in [4.78, 5) is 15.9. The van der Waals surface area contributed by atoms with Crippen LogP contribution in [0.4, 0.5) is 0 Å². The van der Waals surface area contributed by atoms with Crippen molar-refractivity contribution in [2.24, 2.45) is 22.2 Å². The van der Waals surface area contributed by atoms with Crippen LogP contribution in [0.2, 0.25) is 0 Å². The molecular weight excluding hydrogens is 320 g/mol. The van der Waals surface area contributed by atoms with Crippen molar-refractivity contribution in [2.45, 2.75) is 50.9 Å². The molecule has 26 heavy (non-hydrogen) atoms. The van der Waals surface area contributed by atoms with E-state index in [0.717, 1.165) is 51.4 Å². The van der Waals surface area contributed by atoms with E-state index >= 15 is 0 Å². The second-order valence-electron chi connectivity index (χ2n) is 11.0. The highest BCUT2D eigenvalue weighted by molar-refractivity contribution is 5.85. The van der Waals surface area contributed by atoms with Crippen LogP contribution in [0.5, 0.6) is 0 Å². The molecule has 4 unspecified atom stereocenters. The maximum absolute atomic E-state index is 13.7. The van der Waals surface area contributed by atoms with E-state index in [1.165, 1.54) is 24.8 Å². The monoisotopic (exact) mass is 350 g/mol. The molecule has 6 fully saturated rings. The molecule has 1 N–H and O–H groups in total. The predicted octanol–water partition coefficient (Wildman–Crippen LogP) is 3.35. The molecule has 2 heterocycles. The van der Waals surface area contributed by atoms with Gasteiger partial charge in [-0.1, -0.05) is 37.3 Å². The van der Waals surface area contributed by atoms with Crippen molar-refractivity contribution >= 4 is 5.91 Å². The van der Waals surface area contributed by atoms with Crippen LogP contribution in [-0.4, -0.2) is 37.0 Å². The topological polar surface area (TPSA) is 32.3 Å². The Labute approximate surface area is 156 Å². The first-order chi connectivity index (χ1) is 12.4. The van der Waals surface area contributed by atoms with Crippen LogP contribution in [-0.2, 0) is 10.2 Å². The molecule has 3 heteroatoms. The first-order valence-corrected chi connectivity index (χ1v) is 10.5. The normalized spacial score (nSPS) is 44.7. The van der Waals surface area contributed by atoms with Gasteiger partial charge in [0.15, 0.2) is 0 Å². The molecule has 4 bridgehead atoms. The molecule has 138 valence electrons. The van der Waals surface area contributed by atoms with Crippen molar-refractivity contribution < 1.29 is 4.79 Å². The summed E-state index contributed by atoms with van der Waals surface area (Å²) >= 11 is 0. The Morgan fingerprint density at radius 3 is 2.46 bits per heavy atom. The number of hydrogen-bond acceptors (Lipinski definition) is 2. The molecule has 6 aliphatic rings. The Morgan fingerprint density at radius 2 is 1.81 bits per heavy atom. The summed E-state index contributed by atoms with van der Waals surface area (Å²) in [7, 11) is 0. The number of benzene rings is 1. The molecular formula is C23H30N2O. The summed E-state index contributed by atoms with van der Waals surface area (Å²) in [6, 6.07) is 11.2. The summed E-state index contributed by atoms with van der Waals surface area (Å²) in [5.41, 5.74) is 2.44. The van der Waals surface area contributed by atoms with Gasteiger partial charge in [-0.25, -0.2) is 0 Å². The van der Waals surface area contributed by atoms with E-state index in [1.807, 2.05) is 0 Å². The van der Waals surface area contributed by atoms with Gasteiger partial charge in [0.05, 0.1) is 5.41 Å². The zero-order valence-electron chi connectivity index (χ0n) is 15.9. The number of likely N-dealkylation sites (tertiary alicyclic amines) is 1. The third kappa shape index (κ3) is 1.96. The van der Waals surface area contributed by atoms with Gasteiger partial charge in [0.2, 0.25) is 5.91 Å². The minimum Gasteiger partial charge on any atom is -0.341 e. The highest BCUT2D eigenvalue weighted by atomic mass is 16.2. The molecule has 4 aliphatic carbocycles. The van der Waals surface area contributed by atoms with Gasteiger partial charge in [-0.15, -0.1) is 0 Å². The van der Waals surface area contributed by atoms with E-state index < -0.39 is 0 Å². The van der Waals surface area contributed by atoms with Crippen molar-refractivity contribution in [1.82, 2.24) is 10.2 Å². The van der Waals surface area contributed by atoms with Gasteiger partial charge in [-0.05, 0) is 60.8 Å². The van der Waals surface area contributed by atoms with E-state index in [9.17, 15) is 4.79 Å². The lowest BCUT2D eigenvalue weighted by atomic mass is 9.38. The highest BCUT2D eigenvalue weighted by Gasteiger charge is 2.66. The lowest BCUT2D eigenvalue weighted by molar-refractivity contribution is -0.183. The molecule has 3 nitrogen and oxygen atoms in total. The van der Waals surface area contributed by atoms with E-state index in [-0.39, 0.29) is 10.8 Å². The Morgan fingerprint density at radius 1 is 1.04 bits per heavy atom. The fourth-order valence-electron chi connectivity index (χ4n) is 8.22. The molecule has 7 rings (SSSR count). The Balaban J connectivity index is 1.35. The molecule has 4 atom stereocenters. The zero-order valence-corrected chi connectivity index (χ0v) is 15.9. The Hall–Kier alpha value is -1.35. The molecule has 1 amide bonds. The van der Waals surface area contributed by atoms with Crippen molar-refractivity contribution in [1.29, 1.82) is 0 Å². The molecule has 1 aromatic rings. The highest BCUT2D eigenvalue weighted by Crippen LogP contribution is 2.70. The average Bonchev–Trinajstić information content (AvgIpc) is 2.50. The molecule has 0 aromatic heterocycles. The number of carbonyl (C=O) groups is 1. The number of hydrogen-bond donors (Lipinski definition) is 1. The number of carbonyl (C=O) groups excluding carboxylic acids is 1. The largest absolute Gasteiger partial charge is 0.341 e. The third-order valence-corrected chi connectivity index (χ3v) is 8.53. The second kappa shape index (κ2) is 4.73. The SMILES string of the molecule is CC12CC3CC(C(=O)N4CC5(CNC5)C4)(C1)CC(c1ccccc1)(C3)C2. The molecule has 4 saturated carbocycles. The summed E-state index contributed by atoms with van der Waals surface area (Å²) in [6.45, 7) is 6.70. The second-order valence-corrected chi connectivity index (χ2v) is 11.0. The maximum atomic E-state index is 13.7. The number of nitrogens with one attached hydrogen (secondary N) is 1. The van der Waals surface area contributed by atoms with Crippen molar-refractivity contribution in [3.8, 4) is 0 Å². The predicted molar refractivity (Wildman–Crippen MR) is 102 cm³/mol. The van der Waals surface area contributed by atoms with Crippen LogP contribution in [0.3, 0.4) is 0 Å². The number of rotatable bonds is 2. The van der Waals surface area contributed by atoms with E-state index in [4.69, 9.17) is 0 Å². The first kappa shape index (κ1) is 15.7. The van der Waals surface area contributed by atoms with Gasteiger partial charge < -0.3 is 10.2 Å². The smallest absolute Gasteiger partial charge is 0.228 e. The minimum atomic E-state index is -0.0806. The van der Waals surface area contributed by atoms with E-state index in [0.29, 0.717) is 16.7 Å². The number of amides is 1. The van der Waals surface area contributed by atoms with Gasteiger partial charge >= 0.3 is 0 Å². The molecule has 2 aliphatic heterocycles. The van der Waals surface area contributed by atoms with Crippen LogP contribution in [0, 0.1) is 22.2 Å². The van der Waals surface area contributed by atoms with Crippen molar-refractivity contribution in [3.05, 3.63) is 35.9 Å².